The van der Waals surface area contributed by atoms with Gasteiger partial charge >= 0.3 is 0 Å². The summed E-state index contributed by atoms with van der Waals surface area (Å²) in [5.74, 6) is 0. The second-order valence-corrected chi connectivity index (χ2v) is 5.92. The number of halogens is 1. The fourth-order valence-electron chi connectivity index (χ4n) is 1.26. The predicted molar refractivity (Wildman–Crippen MR) is 63.3 cm³/mol. The van der Waals surface area contributed by atoms with Gasteiger partial charge in [0.1, 0.15) is 0 Å². The zero-order valence-electron chi connectivity index (χ0n) is 8.47. The number of hydrogen-bond acceptors (Lipinski definition) is 2. The molecule has 74 valence electrons. The Morgan fingerprint density at radius 1 is 1.29 bits per heavy atom. The maximum absolute atomic E-state index is 5.89. The minimum atomic E-state index is 0.192. The molecule has 0 saturated carbocycles. The average molecular weight is 226 g/mol. The Kier molecular flexibility index (Phi) is 2.28. The van der Waals surface area contributed by atoms with Gasteiger partial charge in [0.15, 0.2) is 0 Å². The van der Waals surface area contributed by atoms with Crippen LogP contribution in [0.4, 0.5) is 0 Å². The predicted octanol–water partition coefficient (Wildman–Crippen LogP) is 4.25. The third-order valence-electron chi connectivity index (χ3n) is 2.08. The van der Waals surface area contributed by atoms with E-state index in [1.807, 2.05) is 6.07 Å². The van der Waals surface area contributed by atoms with Gasteiger partial charge in [0.2, 0.25) is 0 Å². The normalized spacial score (nSPS) is 12.3. The fraction of sp³-hybridized carbons (Fsp3) is 0.364. The van der Waals surface area contributed by atoms with E-state index in [0.717, 1.165) is 5.52 Å². The second kappa shape index (κ2) is 3.21. The Balaban J connectivity index is 2.63. The lowest BCUT2D eigenvalue weighted by Gasteiger charge is -2.14. The lowest BCUT2D eigenvalue weighted by atomic mass is 9.95. The van der Waals surface area contributed by atoms with Gasteiger partial charge in [0.05, 0.1) is 15.2 Å². The van der Waals surface area contributed by atoms with Crippen LogP contribution in [0.15, 0.2) is 18.3 Å². The van der Waals surface area contributed by atoms with Crippen LogP contribution < -0.4 is 0 Å². The van der Waals surface area contributed by atoms with Crippen LogP contribution in [0.3, 0.4) is 0 Å². The van der Waals surface area contributed by atoms with Gasteiger partial charge in [-0.15, -0.1) is 11.3 Å². The summed E-state index contributed by atoms with van der Waals surface area (Å²) >= 11 is 7.66. The van der Waals surface area contributed by atoms with E-state index in [-0.39, 0.29) is 5.41 Å². The molecule has 3 heteroatoms. The van der Waals surface area contributed by atoms with Gasteiger partial charge in [-0.3, -0.25) is 4.98 Å². The van der Waals surface area contributed by atoms with Crippen molar-refractivity contribution in [1.29, 1.82) is 0 Å². The molecule has 2 rings (SSSR count). The highest BCUT2D eigenvalue weighted by atomic mass is 35.5. The number of nitrogens with zero attached hydrogens (tertiary/aromatic N) is 1. The van der Waals surface area contributed by atoms with E-state index in [1.54, 1.807) is 17.5 Å². The maximum Gasteiger partial charge on any atom is 0.0813 e. The van der Waals surface area contributed by atoms with Crippen molar-refractivity contribution in [2.75, 3.05) is 0 Å². The van der Waals surface area contributed by atoms with Gasteiger partial charge in [-0.1, -0.05) is 32.4 Å². The third kappa shape index (κ3) is 1.77. The molecule has 0 aliphatic heterocycles. The largest absolute Gasteiger partial charge is 0.254 e. The first kappa shape index (κ1) is 9.94. The molecule has 0 N–H and O–H groups in total. The Morgan fingerprint density at radius 3 is 2.64 bits per heavy atom. The van der Waals surface area contributed by atoms with Gasteiger partial charge in [-0.2, -0.15) is 0 Å². The summed E-state index contributed by atoms with van der Waals surface area (Å²) in [7, 11) is 0. The minimum absolute atomic E-state index is 0.192. The van der Waals surface area contributed by atoms with Crippen LogP contribution >= 0.6 is 22.9 Å². The maximum atomic E-state index is 5.89. The van der Waals surface area contributed by atoms with Gasteiger partial charge in [0, 0.05) is 11.1 Å². The lowest BCUT2D eigenvalue weighted by molar-refractivity contribution is 0.604. The summed E-state index contributed by atoms with van der Waals surface area (Å²) < 4.78 is 1.17. The number of rotatable bonds is 0. The van der Waals surface area contributed by atoms with Crippen molar-refractivity contribution in [1.82, 2.24) is 4.98 Å². The highest BCUT2D eigenvalue weighted by Gasteiger charge is 2.17. The number of fused-ring (bicyclic) bond motifs is 1. The Labute approximate surface area is 92.7 Å². The summed E-state index contributed by atoms with van der Waals surface area (Å²) in [6, 6.07) is 4.13. The van der Waals surface area contributed by atoms with E-state index >= 15 is 0 Å². The van der Waals surface area contributed by atoms with Crippen molar-refractivity contribution in [2.24, 2.45) is 0 Å². The van der Waals surface area contributed by atoms with Crippen molar-refractivity contribution in [2.45, 2.75) is 26.2 Å². The number of hydrogen-bond donors (Lipinski definition) is 0. The van der Waals surface area contributed by atoms with Crippen molar-refractivity contribution in [3.63, 3.8) is 0 Å². The van der Waals surface area contributed by atoms with Gasteiger partial charge in [-0.25, -0.2) is 0 Å². The van der Waals surface area contributed by atoms with E-state index in [1.165, 1.54) is 9.58 Å². The first-order chi connectivity index (χ1) is 6.47. The average Bonchev–Trinajstić information content (AvgIpc) is 2.45. The highest BCUT2D eigenvalue weighted by Crippen LogP contribution is 2.34. The summed E-state index contributed by atoms with van der Waals surface area (Å²) in [6.07, 6.45) is 1.70. The Hall–Kier alpha value is -0.600. The SMILES string of the molecule is CC(C)(C)c1cc2ncc(Cl)cc2s1. The monoisotopic (exact) mass is 225 g/mol. The zero-order chi connectivity index (χ0) is 10.3. The highest BCUT2D eigenvalue weighted by molar-refractivity contribution is 7.19. The number of thiophene rings is 1. The van der Waals surface area contributed by atoms with E-state index in [0.29, 0.717) is 5.02 Å². The quantitative estimate of drug-likeness (QED) is 0.653. The summed E-state index contributed by atoms with van der Waals surface area (Å²) in [4.78, 5) is 5.64. The molecule has 0 atom stereocenters. The molecule has 0 amide bonds. The Morgan fingerprint density at radius 2 is 2.00 bits per heavy atom. The van der Waals surface area contributed by atoms with Crippen LogP contribution in [-0.4, -0.2) is 4.98 Å². The van der Waals surface area contributed by atoms with Crippen LogP contribution in [0.1, 0.15) is 25.6 Å². The smallest absolute Gasteiger partial charge is 0.0813 e. The molecule has 0 aliphatic carbocycles. The first-order valence-electron chi connectivity index (χ1n) is 4.52. The van der Waals surface area contributed by atoms with Crippen LogP contribution in [0, 0.1) is 0 Å². The number of pyridine rings is 1. The second-order valence-electron chi connectivity index (χ2n) is 4.40. The topological polar surface area (TPSA) is 12.9 Å². The van der Waals surface area contributed by atoms with Gasteiger partial charge in [0.25, 0.3) is 0 Å². The summed E-state index contributed by atoms with van der Waals surface area (Å²) in [6.45, 7) is 6.62. The third-order valence-corrected chi connectivity index (χ3v) is 3.78. The van der Waals surface area contributed by atoms with E-state index in [9.17, 15) is 0 Å². The van der Waals surface area contributed by atoms with Crippen LogP contribution in [0.5, 0.6) is 0 Å². The Bertz CT molecular complexity index is 468. The van der Waals surface area contributed by atoms with Crippen LogP contribution in [0.2, 0.25) is 5.02 Å². The molecule has 0 saturated heterocycles. The van der Waals surface area contributed by atoms with E-state index in [4.69, 9.17) is 11.6 Å². The van der Waals surface area contributed by atoms with Gasteiger partial charge < -0.3 is 0 Å². The van der Waals surface area contributed by atoms with Crippen molar-refractivity contribution in [3.8, 4) is 0 Å². The minimum Gasteiger partial charge on any atom is -0.254 e. The standard InChI is InChI=1S/C11H12ClNS/c1-11(2,3)10-5-8-9(14-10)4-7(12)6-13-8/h4-6H,1-3H3. The van der Waals surface area contributed by atoms with Gasteiger partial charge in [-0.05, 0) is 17.5 Å². The molecule has 0 spiro atoms. The summed E-state index contributed by atoms with van der Waals surface area (Å²) in [5, 5.41) is 0.708. The molecule has 1 nitrogen and oxygen atoms in total. The molecular formula is C11H12ClNS. The molecule has 14 heavy (non-hydrogen) atoms. The van der Waals surface area contributed by atoms with Crippen molar-refractivity contribution in [3.05, 3.63) is 28.2 Å². The first-order valence-corrected chi connectivity index (χ1v) is 5.72. The van der Waals surface area contributed by atoms with E-state index < -0.39 is 0 Å². The zero-order valence-corrected chi connectivity index (χ0v) is 10.0. The molecule has 0 radical (unpaired) electrons. The molecule has 2 heterocycles. The molecule has 0 fully saturated rings. The summed E-state index contributed by atoms with van der Waals surface area (Å²) in [5.41, 5.74) is 1.24. The molecule has 2 aromatic rings. The molecular weight excluding hydrogens is 214 g/mol. The lowest BCUT2D eigenvalue weighted by Crippen LogP contribution is -2.07. The van der Waals surface area contributed by atoms with Crippen LogP contribution in [0.25, 0.3) is 10.2 Å². The molecule has 0 bridgehead atoms. The van der Waals surface area contributed by atoms with Crippen molar-refractivity contribution >= 4 is 33.2 Å². The molecule has 0 aromatic carbocycles. The molecule has 2 aromatic heterocycles. The fourth-order valence-corrected chi connectivity index (χ4v) is 2.60. The molecule has 0 aliphatic rings. The van der Waals surface area contributed by atoms with E-state index in [2.05, 4.69) is 31.8 Å². The van der Waals surface area contributed by atoms with Crippen molar-refractivity contribution < 1.29 is 0 Å². The number of aromatic nitrogens is 1. The van der Waals surface area contributed by atoms with Crippen LogP contribution in [-0.2, 0) is 5.41 Å². The molecule has 0 unspecified atom stereocenters.